The fraction of sp³-hybridized carbons (Fsp3) is 0.350. The number of carboxylic acid groups (broad SMARTS) is 1. The maximum absolute atomic E-state index is 12.6. The van der Waals surface area contributed by atoms with Crippen molar-refractivity contribution in [2.75, 3.05) is 25.0 Å². The lowest BCUT2D eigenvalue weighted by Gasteiger charge is -2.24. The molecule has 1 aromatic carbocycles. The van der Waals surface area contributed by atoms with Gasteiger partial charge in [0.05, 0.1) is 18.7 Å². The van der Waals surface area contributed by atoms with Crippen molar-refractivity contribution in [1.29, 1.82) is 0 Å². The van der Waals surface area contributed by atoms with Crippen LogP contribution in [0.4, 0.5) is 10.6 Å². The lowest BCUT2D eigenvalue weighted by atomic mass is 10.2. The molecule has 2 aromatic rings. The van der Waals surface area contributed by atoms with Gasteiger partial charge in [0, 0.05) is 12.7 Å². The van der Waals surface area contributed by atoms with Crippen molar-refractivity contribution >= 4 is 31.4 Å². The first-order chi connectivity index (χ1) is 13.6. The number of benzene rings is 1. The van der Waals surface area contributed by atoms with Crippen LogP contribution in [-0.4, -0.2) is 58.9 Å². The summed E-state index contributed by atoms with van der Waals surface area (Å²) in [5, 5.41) is 12.0. The zero-order valence-electron chi connectivity index (χ0n) is 15.9. The normalized spacial score (nSPS) is 18.0. The van der Waals surface area contributed by atoms with E-state index >= 15 is 0 Å². The highest BCUT2D eigenvalue weighted by atomic mass is 32.1. The van der Waals surface area contributed by atoms with Gasteiger partial charge in [-0.3, -0.25) is 0 Å². The van der Waals surface area contributed by atoms with E-state index in [2.05, 4.69) is 10.3 Å². The molecule has 0 spiro atoms. The van der Waals surface area contributed by atoms with Crippen LogP contribution in [-0.2, 0) is 20.9 Å². The number of anilines is 1. The molecule has 0 unspecified atom stereocenters. The Bertz CT molecular complexity index is 778. The molecule has 156 valence electrons. The van der Waals surface area contributed by atoms with E-state index in [0.29, 0.717) is 18.8 Å². The Hall–Kier alpha value is -2.78. The Labute approximate surface area is 176 Å². The summed E-state index contributed by atoms with van der Waals surface area (Å²) >= 11 is 0. The second-order valence-corrected chi connectivity index (χ2v) is 6.50. The van der Waals surface area contributed by atoms with E-state index in [1.54, 1.807) is 11.1 Å². The molecule has 1 aliphatic heterocycles. The zero-order chi connectivity index (χ0) is 19.8. The molecule has 1 saturated heterocycles. The van der Waals surface area contributed by atoms with Gasteiger partial charge in [0.25, 0.3) is 0 Å². The number of nitrogens with one attached hydrogen (secondary N) is 1. The van der Waals surface area contributed by atoms with E-state index in [0.717, 1.165) is 5.56 Å². The van der Waals surface area contributed by atoms with Crippen LogP contribution in [0, 0.1) is 0 Å². The summed E-state index contributed by atoms with van der Waals surface area (Å²) in [6.45, 7) is 0.537. The van der Waals surface area contributed by atoms with Crippen LogP contribution in [0.3, 0.4) is 0 Å². The van der Waals surface area contributed by atoms with Crippen molar-refractivity contribution in [2.45, 2.75) is 25.2 Å². The van der Waals surface area contributed by atoms with Gasteiger partial charge in [-0.2, -0.15) is 13.5 Å². The van der Waals surface area contributed by atoms with Gasteiger partial charge in [-0.05, 0) is 24.1 Å². The molecule has 0 bridgehead atoms. The van der Waals surface area contributed by atoms with Gasteiger partial charge >= 0.3 is 12.1 Å². The third-order valence-electron chi connectivity index (χ3n) is 4.44. The van der Waals surface area contributed by atoms with Crippen molar-refractivity contribution in [3.05, 3.63) is 60.3 Å². The number of nitrogens with zero attached hydrogens (tertiary/aromatic N) is 2. The van der Waals surface area contributed by atoms with E-state index in [1.165, 1.54) is 0 Å². The molecule has 2 N–H and O–H groups in total. The second-order valence-electron chi connectivity index (χ2n) is 6.50. The summed E-state index contributed by atoms with van der Waals surface area (Å²) in [7, 11) is 0. The zero-order valence-corrected chi connectivity index (χ0v) is 16.9. The molecule has 2 atom stereocenters. The molecule has 9 heteroatoms. The standard InChI is InChI=1S/C20H23N3O5.H2S/c24-19(25)14-27-17-10-16(11-22-18-8-4-5-9-21-18)23(12-17)20(26)28-13-15-6-2-1-3-7-15;/h1-9,16-17H,10-14H2,(H,21,22)(H,24,25);1H2/t16-,17+;/m0./s1. The molecule has 1 fully saturated rings. The van der Waals surface area contributed by atoms with Crippen LogP contribution in [0.15, 0.2) is 54.7 Å². The van der Waals surface area contributed by atoms with Crippen LogP contribution < -0.4 is 5.32 Å². The maximum atomic E-state index is 12.6. The number of hydrogen-bond donors (Lipinski definition) is 2. The van der Waals surface area contributed by atoms with Gasteiger partial charge < -0.3 is 24.8 Å². The molecule has 1 aliphatic rings. The minimum atomic E-state index is -1.03. The summed E-state index contributed by atoms with van der Waals surface area (Å²) in [5.41, 5.74) is 0.900. The van der Waals surface area contributed by atoms with Crippen LogP contribution in [0.5, 0.6) is 0 Å². The molecule has 0 aliphatic carbocycles. The van der Waals surface area contributed by atoms with Crippen LogP contribution >= 0.6 is 13.5 Å². The van der Waals surface area contributed by atoms with Crippen molar-refractivity contribution in [2.24, 2.45) is 0 Å². The Morgan fingerprint density at radius 1 is 1.17 bits per heavy atom. The second kappa shape index (κ2) is 11.3. The van der Waals surface area contributed by atoms with E-state index in [9.17, 15) is 9.59 Å². The number of amides is 1. The number of pyridine rings is 1. The molecular weight excluding hydrogens is 394 g/mol. The first-order valence-electron chi connectivity index (χ1n) is 9.07. The van der Waals surface area contributed by atoms with Crippen molar-refractivity contribution in [1.82, 2.24) is 9.88 Å². The van der Waals surface area contributed by atoms with Gasteiger partial charge in [-0.25, -0.2) is 14.6 Å². The van der Waals surface area contributed by atoms with Crippen molar-refractivity contribution in [3.8, 4) is 0 Å². The Kier molecular flexibility index (Phi) is 8.75. The number of hydrogen-bond acceptors (Lipinski definition) is 6. The van der Waals surface area contributed by atoms with Gasteiger partial charge in [0.15, 0.2) is 0 Å². The van der Waals surface area contributed by atoms with E-state index in [1.807, 2.05) is 48.5 Å². The van der Waals surface area contributed by atoms with Crippen molar-refractivity contribution in [3.63, 3.8) is 0 Å². The molecule has 0 radical (unpaired) electrons. The molecule has 3 rings (SSSR count). The molecule has 0 saturated carbocycles. The van der Waals surface area contributed by atoms with Gasteiger partial charge in [-0.1, -0.05) is 36.4 Å². The number of carboxylic acids is 1. The molecular formula is C20H25N3O5S. The summed E-state index contributed by atoms with van der Waals surface area (Å²) in [4.78, 5) is 29.2. The lowest BCUT2D eigenvalue weighted by molar-refractivity contribution is -0.144. The molecule has 2 heterocycles. The van der Waals surface area contributed by atoms with E-state index in [4.69, 9.17) is 14.6 Å². The monoisotopic (exact) mass is 419 g/mol. The van der Waals surface area contributed by atoms with Crippen LogP contribution in [0.25, 0.3) is 0 Å². The summed E-state index contributed by atoms with van der Waals surface area (Å²) in [6.07, 6.45) is 1.41. The first kappa shape index (κ1) is 22.5. The summed E-state index contributed by atoms with van der Waals surface area (Å²) in [6, 6.07) is 14.8. The quantitative estimate of drug-likeness (QED) is 0.678. The number of aromatic nitrogens is 1. The number of carbonyl (C=O) groups excluding carboxylic acids is 1. The Morgan fingerprint density at radius 3 is 2.62 bits per heavy atom. The molecule has 1 amide bonds. The first-order valence-corrected chi connectivity index (χ1v) is 9.07. The highest BCUT2D eigenvalue weighted by Gasteiger charge is 2.37. The summed E-state index contributed by atoms with van der Waals surface area (Å²) < 4.78 is 10.8. The third kappa shape index (κ3) is 6.95. The predicted octanol–water partition coefficient (Wildman–Crippen LogP) is 2.49. The molecule has 1 aromatic heterocycles. The average Bonchev–Trinajstić information content (AvgIpc) is 3.14. The SMILES string of the molecule is O=C(O)CO[C@@H]1C[C@@H](CNc2ccccn2)N(C(=O)OCc2ccccc2)C1.S. The predicted molar refractivity (Wildman–Crippen MR) is 112 cm³/mol. The van der Waals surface area contributed by atoms with Crippen LogP contribution in [0.2, 0.25) is 0 Å². The number of aliphatic carboxylic acids is 1. The Balaban J connectivity index is 0.00000300. The lowest BCUT2D eigenvalue weighted by Crippen LogP contribution is -2.40. The minimum absolute atomic E-state index is 0. The van der Waals surface area contributed by atoms with Crippen LogP contribution in [0.1, 0.15) is 12.0 Å². The topological polar surface area (TPSA) is 101 Å². The third-order valence-corrected chi connectivity index (χ3v) is 4.44. The highest BCUT2D eigenvalue weighted by molar-refractivity contribution is 7.59. The van der Waals surface area contributed by atoms with Gasteiger partial charge in [0.1, 0.15) is 19.0 Å². The number of ether oxygens (including phenoxy) is 2. The highest BCUT2D eigenvalue weighted by Crippen LogP contribution is 2.22. The van der Waals surface area contributed by atoms with Crippen molar-refractivity contribution < 1.29 is 24.2 Å². The van der Waals surface area contributed by atoms with Gasteiger partial charge in [-0.15, -0.1) is 0 Å². The average molecular weight is 420 g/mol. The van der Waals surface area contributed by atoms with E-state index < -0.39 is 18.7 Å². The fourth-order valence-electron chi connectivity index (χ4n) is 3.09. The fourth-order valence-corrected chi connectivity index (χ4v) is 3.09. The molecule has 8 nitrogen and oxygen atoms in total. The minimum Gasteiger partial charge on any atom is -0.480 e. The van der Waals surface area contributed by atoms with E-state index in [-0.39, 0.29) is 38.8 Å². The largest absolute Gasteiger partial charge is 0.480 e. The number of rotatable bonds is 8. The number of carbonyl (C=O) groups is 2. The Morgan fingerprint density at radius 2 is 1.93 bits per heavy atom. The smallest absolute Gasteiger partial charge is 0.410 e. The molecule has 29 heavy (non-hydrogen) atoms. The van der Waals surface area contributed by atoms with Gasteiger partial charge in [0.2, 0.25) is 0 Å². The maximum Gasteiger partial charge on any atom is 0.410 e. The number of likely N-dealkylation sites (tertiary alicyclic amines) is 1. The summed E-state index contributed by atoms with van der Waals surface area (Å²) in [5.74, 6) is -0.330.